The van der Waals surface area contributed by atoms with Gasteiger partial charge in [-0.15, -0.1) is 12.4 Å². The Morgan fingerprint density at radius 1 is 0.759 bits per heavy atom. The standard InChI is InChI=1S/C25H27NO2.ClH/c1-17(2)25(15-27,16-28)26-14-19-13-24-20-8-4-3-7-18(20)11-12-23(24)22-10-6-5-9-21(19)22;/h3-13,17,26-28H,14-16H2,1-2H3;1H. The fourth-order valence-electron chi connectivity index (χ4n) is 4.08. The summed E-state index contributed by atoms with van der Waals surface area (Å²) < 4.78 is 0. The number of hydrogen-bond acceptors (Lipinski definition) is 3. The van der Waals surface area contributed by atoms with Gasteiger partial charge in [0.25, 0.3) is 0 Å². The van der Waals surface area contributed by atoms with E-state index < -0.39 is 5.54 Å². The molecule has 4 heteroatoms. The molecule has 0 saturated heterocycles. The van der Waals surface area contributed by atoms with Gasteiger partial charge in [-0.3, -0.25) is 0 Å². The highest BCUT2D eigenvalue weighted by molar-refractivity contribution is 6.18. The zero-order valence-corrected chi connectivity index (χ0v) is 17.7. The zero-order valence-electron chi connectivity index (χ0n) is 16.9. The van der Waals surface area contributed by atoms with Gasteiger partial charge < -0.3 is 15.5 Å². The third-order valence-electron chi connectivity index (χ3n) is 6.15. The molecular weight excluding hydrogens is 382 g/mol. The SMILES string of the molecule is CC(C)C(CO)(CO)NCc1cc2c3ccccc3ccc2c2ccccc12.Cl. The highest BCUT2D eigenvalue weighted by atomic mass is 35.5. The fourth-order valence-corrected chi connectivity index (χ4v) is 4.08. The maximum absolute atomic E-state index is 9.93. The van der Waals surface area contributed by atoms with Crippen molar-refractivity contribution in [2.75, 3.05) is 13.2 Å². The molecule has 152 valence electrons. The van der Waals surface area contributed by atoms with E-state index in [9.17, 15) is 10.2 Å². The molecule has 0 aliphatic rings. The van der Waals surface area contributed by atoms with Gasteiger partial charge in [0.1, 0.15) is 0 Å². The van der Waals surface area contributed by atoms with Gasteiger partial charge in [-0.25, -0.2) is 0 Å². The molecule has 0 atom stereocenters. The molecule has 0 spiro atoms. The van der Waals surface area contributed by atoms with E-state index in [0.29, 0.717) is 6.54 Å². The minimum absolute atomic E-state index is 0. The summed E-state index contributed by atoms with van der Waals surface area (Å²) in [7, 11) is 0. The number of nitrogens with one attached hydrogen (secondary N) is 1. The summed E-state index contributed by atoms with van der Waals surface area (Å²) in [5, 5.41) is 30.7. The van der Waals surface area contributed by atoms with Crippen LogP contribution >= 0.6 is 12.4 Å². The Morgan fingerprint density at radius 3 is 2.00 bits per heavy atom. The smallest absolute Gasteiger partial charge is 0.0673 e. The molecule has 4 rings (SSSR count). The quantitative estimate of drug-likeness (QED) is 0.391. The number of benzene rings is 4. The highest BCUT2D eigenvalue weighted by Gasteiger charge is 2.32. The first kappa shape index (κ1) is 21.5. The molecule has 4 aromatic rings. The number of rotatable bonds is 6. The first-order valence-corrected chi connectivity index (χ1v) is 9.88. The second-order valence-electron chi connectivity index (χ2n) is 7.94. The Morgan fingerprint density at radius 2 is 1.34 bits per heavy atom. The van der Waals surface area contributed by atoms with E-state index in [2.05, 4.69) is 72.0 Å². The average molecular weight is 410 g/mol. The molecule has 0 heterocycles. The van der Waals surface area contributed by atoms with E-state index in [0.717, 1.165) is 0 Å². The summed E-state index contributed by atoms with van der Waals surface area (Å²) in [6, 6.07) is 23.6. The van der Waals surface area contributed by atoms with E-state index in [4.69, 9.17) is 0 Å². The summed E-state index contributed by atoms with van der Waals surface area (Å²) >= 11 is 0. The number of aliphatic hydroxyl groups excluding tert-OH is 2. The van der Waals surface area contributed by atoms with Gasteiger partial charge in [0.05, 0.1) is 18.8 Å². The molecule has 3 N–H and O–H groups in total. The molecule has 0 unspecified atom stereocenters. The predicted molar refractivity (Wildman–Crippen MR) is 125 cm³/mol. The molecule has 0 saturated carbocycles. The Hall–Kier alpha value is -2.17. The van der Waals surface area contributed by atoms with E-state index in [-0.39, 0.29) is 31.5 Å². The van der Waals surface area contributed by atoms with Crippen LogP contribution in [-0.4, -0.2) is 29.0 Å². The molecule has 0 aliphatic heterocycles. The van der Waals surface area contributed by atoms with Gasteiger partial charge in [-0.2, -0.15) is 0 Å². The molecule has 0 aliphatic carbocycles. The van der Waals surface area contributed by atoms with Crippen molar-refractivity contribution >= 4 is 44.7 Å². The number of halogens is 1. The predicted octanol–water partition coefficient (Wildman–Crippen LogP) is 5.04. The molecule has 29 heavy (non-hydrogen) atoms. The van der Waals surface area contributed by atoms with E-state index >= 15 is 0 Å². The highest BCUT2D eigenvalue weighted by Crippen LogP contribution is 2.33. The van der Waals surface area contributed by atoms with Crippen molar-refractivity contribution < 1.29 is 10.2 Å². The van der Waals surface area contributed by atoms with Crippen molar-refractivity contribution in [1.29, 1.82) is 0 Å². The minimum Gasteiger partial charge on any atom is -0.394 e. The van der Waals surface area contributed by atoms with E-state index in [1.165, 1.54) is 37.9 Å². The summed E-state index contributed by atoms with van der Waals surface area (Å²) in [6.07, 6.45) is 0. The first-order chi connectivity index (χ1) is 13.6. The fraction of sp³-hybridized carbons (Fsp3) is 0.280. The van der Waals surface area contributed by atoms with Crippen molar-refractivity contribution in [2.45, 2.75) is 25.9 Å². The van der Waals surface area contributed by atoms with Crippen molar-refractivity contribution in [2.24, 2.45) is 5.92 Å². The average Bonchev–Trinajstić information content (AvgIpc) is 2.74. The Bertz CT molecular complexity index is 1140. The van der Waals surface area contributed by atoms with E-state index in [1.54, 1.807) is 0 Å². The number of fused-ring (bicyclic) bond motifs is 5. The van der Waals surface area contributed by atoms with Crippen molar-refractivity contribution in [3.63, 3.8) is 0 Å². The third kappa shape index (κ3) is 3.72. The van der Waals surface area contributed by atoms with Crippen LogP contribution in [0.3, 0.4) is 0 Å². The summed E-state index contributed by atoms with van der Waals surface area (Å²) in [5.41, 5.74) is 0.473. The summed E-state index contributed by atoms with van der Waals surface area (Å²) in [4.78, 5) is 0. The second-order valence-corrected chi connectivity index (χ2v) is 7.94. The van der Waals surface area contributed by atoms with Crippen molar-refractivity contribution in [1.82, 2.24) is 5.32 Å². The first-order valence-electron chi connectivity index (χ1n) is 9.88. The molecular formula is C25H28ClNO2. The van der Waals surface area contributed by atoms with Crippen LogP contribution < -0.4 is 5.32 Å². The van der Waals surface area contributed by atoms with Gasteiger partial charge >= 0.3 is 0 Å². The summed E-state index contributed by atoms with van der Waals surface area (Å²) in [5.74, 6) is 0.107. The molecule has 0 aromatic heterocycles. The van der Waals surface area contributed by atoms with Crippen LogP contribution in [0, 0.1) is 5.92 Å². The van der Waals surface area contributed by atoms with Gasteiger partial charge in [0.15, 0.2) is 0 Å². The molecule has 4 aromatic carbocycles. The zero-order chi connectivity index (χ0) is 19.7. The lowest BCUT2D eigenvalue weighted by Gasteiger charge is -2.35. The van der Waals surface area contributed by atoms with Crippen LogP contribution in [0.15, 0.2) is 66.7 Å². The molecule has 0 radical (unpaired) electrons. The number of hydrogen-bond donors (Lipinski definition) is 3. The van der Waals surface area contributed by atoms with Gasteiger partial charge in [-0.1, -0.05) is 74.5 Å². The Kier molecular flexibility index (Phi) is 6.45. The van der Waals surface area contributed by atoms with Crippen molar-refractivity contribution in [3.05, 3.63) is 72.3 Å². The Balaban J connectivity index is 0.00000240. The molecule has 0 bridgehead atoms. The monoisotopic (exact) mass is 409 g/mol. The minimum atomic E-state index is -0.700. The third-order valence-corrected chi connectivity index (χ3v) is 6.15. The lowest BCUT2D eigenvalue weighted by atomic mass is 9.87. The van der Waals surface area contributed by atoms with Gasteiger partial charge in [-0.05, 0) is 49.9 Å². The molecule has 0 fully saturated rings. The van der Waals surface area contributed by atoms with Crippen LogP contribution in [0.25, 0.3) is 32.3 Å². The largest absolute Gasteiger partial charge is 0.394 e. The topological polar surface area (TPSA) is 52.5 Å². The summed E-state index contributed by atoms with van der Waals surface area (Å²) in [6.45, 7) is 4.42. The Labute approximate surface area is 177 Å². The van der Waals surface area contributed by atoms with Crippen LogP contribution in [-0.2, 0) is 6.54 Å². The van der Waals surface area contributed by atoms with Gasteiger partial charge in [0.2, 0.25) is 0 Å². The van der Waals surface area contributed by atoms with Crippen LogP contribution in [0.1, 0.15) is 19.4 Å². The van der Waals surface area contributed by atoms with Crippen LogP contribution in [0.5, 0.6) is 0 Å². The van der Waals surface area contributed by atoms with Crippen LogP contribution in [0.2, 0.25) is 0 Å². The van der Waals surface area contributed by atoms with Crippen molar-refractivity contribution in [3.8, 4) is 0 Å². The van der Waals surface area contributed by atoms with Crippen LogP contribution in [0.4, 0.5) is 0 Å². The molecule has 3 nitrogen and oxygen atoms in total. The van der Waals surface area contributed by atoms with Gasteiger partial charge in [0, 0.05) is 6.54 Å². The lowest BCUT2D eigenvalue weighted by Crippen LogP contribution is -2.55. The van der Waals surface area contributed by atoms with E-state index in [1.807, 2.05) is 13.8 Å². The second kappa shape index (κ2) is 8.68. The maximum atomic E-state index is 9.93. The molecule has 0 amide bonds. The normalized spacial score (nSPS) is 12.0. The lowest BCUT2D eigenvalue weighted by molar-refractivity contribution is 0.0552. The number of aliphatic hydroxyl groups is 2. The maximum Gasteiger partial charge on any atom is 0.0673 e.